The molecule has 1 aromatic rings. The van der Waals surface area contributed by atoms with Crippen molar-refractivity contribution in [1.82, 2.24) is 14.5 Å². The van der Waals surface area contributed by atoms with Gasteiger partial charge in [0.1, 0.15) is 4.88 Å². The molecule has 0 bridgehead atoms. The van der Waals surface area contributed by atoms with Gasteiger partial charge in [-0.05, 0) is 18.5 Å². The number of ether oxygens (including phenoxy) is 1. The Bertz CT molecular complexity index is 381. The first-order valence-electron chi connectivity index (χ1n) is 5.12. The summed E-state index contributed by atoms with van der Waals surface area (Å²) in [4.78, 5) is 14.5. The van der Waals surface area contributed by atoms with E-state index in [9.17, 15) is 4.79 Å². The third-order valence-electron chi connectivity index (χ3n) is 2.53. The predicted octanol–water partition coefficient (Wildman–Crippen LogP) is -0.354. The maximum absolute atomic E-state index is 12.1. The number of nitrogens with zero attached hydrogens (tertiary/aromatic N) is 3. The second-order valence-electron chi connectivity index (χ2n) is 3.67. The van der Waals surface area contributed by atoms with Gasteiger partial charge < -0.3 is 15.4 Å². The van der Waals surface area contributed by atoms with Gasteiger partial charge in [-0.15, -0.1) is 5.10 Å². The Morgan fingerprint density at radius 2 is 2.56 bits per heavy atom. The molecule has 1 amide bonds. The average molecular weight is 242 g/mol. The van der Waals surface area contributed by atoms with Gasteiger partial charge in [-0.1, -0.05) is 4.49 Å². The molecular formula is C9H14N4O2S. The highest BCUT2D eigenvalue weighted by Gasteiger charge is 2.26. The van der Waals surface area contributed by atoms with E-state index in [4.69, 9.17) is 10.5 Å². The zero-order valence-corrected chi connectivity index (χ0v) is 9.87. The number of amides is 1. The second kappa shape index (κ2) is 4.86. The largest absolute Gasteiger partial charge is 0.373 e. The molecule has 6 nitrogen and oxygen atoms in total. The molecule has 0 aromatic carbocycles. The van der Waals surface area contributed by atoms with Crippen molar-refractivity contribution in [2.75, 3.05) is 26.2 Å². The van der Waals surface area contributed by atoms with Gasteiger partial charge in [-0.25, -0.2) is 0 Å². The predicted molar refractivity (Wildman–Crippen MR) is 59.3 cm³/mol. The van der Waals surface area contributed by atoms with Crippen molar-refractivity contribution in [3.8, 4) is 0 Å². The third kappa shape index (κ3) is 2.21. The lowest BCUT2D eigenvalue weighted by molar-refractivity contribution is -0.0166. The normalized spacial score (nSPS) is 21.1. The van der Waals surface area contributed by atoms with Gasteiger partial charge in [-0.3, -0.25) is 4.79 Å². The van der Waals surface area contributed by atoms with Crippen LogP contribution < -0.4 is 5.73 Å². The number of hydrogen-bond donors (Lipinski definition) is 1. The molecule has 7 heteroatoms. The monoisotopic (exact) mass is 242 g/mol. The first-order chi connectivity index (χ1) is 7.72. The van der Waals surface area contributed by atoms with E-state index in [-0.39, 0.29) is 12.0 Å². The maximum atomic E-state index is 12.1. The molecule has 2 heterocycles. The van der Waals surface area contributed by atoms with Crippen LogP contribution in [0.4, 0.5) is 0 Å². The summed E-state index contributed by atoms with van der Waals surface area (Å²) in [5, 5.41) is 3.84. The van der Waals surface area contributed by atoms with Crippen LogP contribution in [0.5, 0.6) is 0 Å². The summed E-state index contributed by atoms with van der Waals surface area (Å²) in [6.45, 7) is 3.92. The fourth-order valence-corrected chi connectivity index (χ4v) is 2.24. The van der Waals surface area contributed by atoms with E-state index in [2.05, 4.69) is 9.59 Å². The summed E-state index contributed by atoms with van der Waals surface area (Å²) in [5.41, 5.74) is 6.22. The molecule has 0 radical (unpaired) electrons. The number of aromatic nitrogens is 2. The highest BCUT2D eigenvalue weighted by atomic mass is 32.1. The van der Waals surface area contributed by atoms with Gasteiger partial charge in [-0.2, -0.15) is 0 Å². The quantitative estimate of drug-likeness (QED) is 0.766. The van der Waals surface area contributed by atoms with Crippen molar-refractivity contribution in [2.24, 2.45) is 5.73 Å². The number of rotatable bonds is 2. The molecule has 1 unspecified atom stereocenters. The number of carbonyl (C=O) groups excluding carboxylic acids is 1. The molecule has 1 aromatic heterocycles. The SMILES string of the molecule is Cc1nnsc1C(=O)N1CCOC(CN)C1. The fourth-order valence-electron chi connectivity index (χ4n) is 1.62. The Morgan fingerprint density at radius 1 is 1.75 bits per heavy atom. The van der Waals surface area contributed by atoms with E-state index in [1.807, 2.05) is 0 Å². The highest BCUT2D eigenvalue weighted by molar-refractivity contribution is 7.07. The molecule has 2 rings (SSSR count). The van der Waals surface area contributed by atoms with E-state index >= 15 is 0 Å². The zero-order valence-electron chi connectivity index (χ0n) is 9.05. The van der Waals surface area contributed by atoms with E-state index in [0.29, 0.717) is 36.8 Å². The number of hydrogen-bond acceptors (Lipinski definition) is 6. The van der Waals surface area contributed by atoms with Gasteiger partial charge in [0.25, 0.3) is 5.91 Å². The van der Waals surface area contributed by atoms with Crippen LogP contribution in [-0.4, -0.2) is 52.7 Å². The van der Waals surface area contributed by atoms with Crippen molar-refractivity contribution < 1.29 is 9.53 Å². The summed E-state index contributed by atoms with van der Waals surface area (Å²) in [7, 11) is 0. The van der Waals surface area contributed by atoms with Crippen LogP contribution in [0.2, 0.25) is 0 Å². The topological polar surface area (TPSA) is 81.3 Å². The lowest BCUT2D eigenvalue weighted by Crippen LogP contribution is -2.48. The van der Waals surface area contributed by atoms with E-state index < -0.39 is 0 Å². The smallest absolute Gasteiger partial charge is 0.267 e. The third-order valence-corrected chi connectivity index (χ3v) is 3.35. The second-order valence-corrected chi connectivity index (χ2v) is 4.42. The first kappa shape index (κ1) is 11.4. The van der Waals surface area contributed by atoms with Gasteiger partial charge in [0.15, 0.2) is 0 Å². The summed E-state index contributed by atoms with van der Waals surface area (Å²) in [6.07, 6.45) is -0.0566. The molecule has 1 saturated heterocycles. The Balaban J connectivity index is 2.07. The standard InChI is InChI=1S/C9H14N4O2S/c1-6-8(16-12-11-6)9(14)13-2-3-15-7(4-10)5-13/h7H,2-5,10H2,1H3. The van der Waals surface area contributed by atoms with Crippen LogP contribution in [0.1, 0.15) is 15.4 Å². The van der Waals surface area contributed by atoms with Crippen LogP contribution >= 0.6 is 11.5 Å². The minimum absolute atomic E-state index is 0.0192. The molecule has 1 atom stereocenters. The van der Waals surface area contributed by atoms with E-state index in [1.54, 1.807) is 11.8 Å². The minimum Gasteiger partial charge on any atom is -0.373 e. The maximum Gasteiger partial charge on any atom is 0.267 e. The van der Waals surface area contributed by atoms with Crippen molar-refractivity contribution >= 4 is 17.4 Å². The molecule has 16 heavy (non-hydrogen) atoms. The summed E-state index contributed by atoms with van der Waals surface area (Å²) in [5.74, 6) is -0.0192. The highest BCUT2D eigenvalue weighted by Crippen LogP contribution is 2.15. The van der Waals surface area contributed by atoms with Gasteiger partial charge in [0.05, 0.1) is 18.4 Å². The van der Waals surface area contributed by atoms with Gasteiger partial charge >= 0.3 is 0 Å². The Hall–Kier alpha value is -1.05. The van der Waals surface area contributed by atoms with Crippen molar-refractivity contribution in [3.63, 3.8) is 0 Å². The Kier molecular flexibility index (Phi) is 3.47. The molecule has 88 valence electrons. The summed E-state index contributed by atoms with van der Waals surface area (Å²) in [6, 6.07) is 0. The Morgan fingerprint density at radius 3 is 3.19 bits per heavy atom. The number of aryl methyl sites for hydroxylation is 1. The van der Waals surface area contributed by atoms with Crippen molar-refractivity contribution in [3.05, 3.63) is 10.6 Å². The molecule has 1 aliphatic rings. The van der Waals surface area contributed by atoms with Gasteiger partial charge in [0.2, 0.25) is 0 Å². The van der Waals surface area contributed by atoms with Gasteiger partial charge in [0, 0.05) is 19.6 Å². The van der Waals surface area contributed by atoms with E-state index in [1.165, 1.54) is 0 Å². The molecule has 2 N–H and O–H groups in total. The molecule has 0 aliphatic carbocycles. The summed E-state index contributed by atoms with van der Waals surface area (Å²) < 4.78 is 9.17. The minimum atomic E-state index is -0.0566. The van der Waals surface area contributed by atoms with E-state index in [0.717, 1.165) is 11.5 Å². The first-order valence-corrected chi connectivity index (χ1v) is 5.89. The lowest BCUT2D eigenvalue weighted by Gasteiger charge is -2.31. The zero-order chi connectivity index (χ0) is 11.5. The molecule has 1 aliphatic heterocycles. The molecule has 1 fully saturated rings. The average Bonchev–Trinajstić information content (AvgIpc) is 2.74. The van der Waals surface area contributed by atoms with Crippen LogP contribution in [0.25, 0.3) is 0 Å². The van der Waals surface area contributed by atoms with Crippen LogP contribution in [0.3, 0.4) is 0 Å². The lowest BCUT2D eigenvalue weighted by atomic mass is 10.2. The number of morpholine rings is 1. The molecular weight excluding hydrogens is 228 g/mol. The van der Waals surface area contributed by atoms with Crippen LogP contribution in [-0.2, 0) is 4.74 Å². The van der Waals surface area contributed by atoms with Crippen LogP contribution in [0.15, 0.2) is 0 Å². The fraction of sp³-hybridized carbons (Fsp3) is 0.667. The Labute approximate surface area is 97.5 Å². The van der Waals surface area contributed by atoms with Crippen molar-refractivity contribution in [1.29, 1.82) is 0 Å². The molecule has 0 saturated carbocycles. The number of nitrogens with two attached hydrogens (primary N) is 1. The molecule has 0 spiro atoms. The van der Waals surface area contributed by atoms with Crippen molar-refractivity contribution in [2.45, 2.75) is 13.0 Å². The van der Waals surface area contributed by atoms with Crippen LogP contribution in [0, 0.1) is 6.92 Å². The number of carbonyl (C=O) groups is 1. The summed E-state index contributed by atoms with van der Waals surface area (Å²) >= 11 is 1.14.